The normalized spacial score (nSPS) is 24.2. The van der Waals surface area contributed by atoms with Crippen LogP contribution >= 0.6 is 0 Å². The molecule has 1 fully saturated rings. The molecule has 0 aromatic carbocycles. The third kappa shape index (κ3) is 1.35. The van der Waals surface area contributed by atoms with Crippen molar-refractivity contribution in [3.63, 3.8) is 0 Å². The highest BCUT2D eigenvalue weighted by atomic mass is 16.7. The highest BCUT2D eigenvalue weighted by Crippen LogP contribution is 2.27. The van der Waals surface area contributed by atoms with Gasteiger partial charge in [0.05, 0.1) is 17.4 Å². The first-order chi connectivity index (χ1) is 6.49. The summed E-state index contributed by atoms with van der Waals surface area (Å²) in [5.41, 5.74) is 1.17. The van der Waals surface area contributed by atoms with E-state index < -0.39 is 5.54 Å². The van der Waals surface area contributed by atoms with Gasteiger partial charge in [-0.05, 0) is 13.8 Å². The molecule has 0 amide bonds. The predicted molar refractivity (Wildman–Crippen MR) is 50.1 cm³/mol. The van der Waals surface area contributed by atoms with Crippen molar-refractivity contribution >= 4 is 5.78 Å². The maximum Gasteiger partial charge on any atom is 0.162 e. The lowest BCUT2D eigenvalue weighted by molar-refractivity contribution is -0.124. The zero-order valence-electron chi connectivity index (χ0n) is 8.20. The van der Waals surface area contributed by atoms with Gasteiger partial charge in [0.1, 0.15) is 6.26 Å². The summed E-state index contributed by atoms with van der Waals surface area (Å²) in [6.45, 7) is 3.70. The van der Waals surface area contributed by atoms with Gasteiger partial charge in [-0.1, -0.05) is 0 Å². The smallest absolute Gasteiger partial charge is 0.162 e. The summed E-state index contributed by atoms with van der Waals surface area (Å²) in [6.07, 6.45) is 3.52. The number of hydrogen-bond acceptors (Lipinski definition) is 5. The molecular weight excluding hydrogens is 182 g/mol. The molecule has 14 heavy (non-hydrogen) atoms. The van der Waals surface area contributed by atoms with Crippen molar-refractivity contribution in [1.82, 2.24) is 10.5 Å². The molecular formula is C9H13N3O2. The summed E-state index contributed by atoms with van der Waals surface area (Å²) in [5, 5.41) is 4.19. The molecule has 0 radical (unpaired) electrons. The largest absolute Gasteiger partial charge is 0.370 e. The Morgan fingerprint density at radius 3 is 3.07 bits per heavy atom. The monoisotopic (exact) mass is 195 g/mol. The van der Waals surface area contributed by atoms with Gasteiger partial charge in [-0.25, -0.2) is 5.84 Å². The number of Topliss-reactive ketones (excluding diaryl/α,β-unsaturated/α-hetero) is 1. The SMILES string of the molecule is CC1(C)NC2=CON(N)C=C2CC1=O. The molecule has 0 aliphatic carbocycles. The van der Waals surface area contributed by atoms with Crippen molar-refractivity contribution in [3.05, 3.63) is 23.7 Å². The highest BCUT2D eigenvalue weighted by Gasteiger charge is 2.35. The number of ketones is 1. The molecule has 0 aromatic heterocycles. The number of allylic oxidation sites excluding steroid dienone is 1. The van der Waals surface area contributed by atoms with Crippen LogP contribution in [0.3, 0.4) is 0 Å². The van der Waals surface area contributed by atoms with Crippen molar-refractivity contribution in [2.45, 2.75) is 25.8 Å². The number of nitrogens with one attached hydrogen (secondary N) is 1. The van der Waals surface area contributed by atoms with Crippen LogP contribution in [0, 0.1) is 0 Å². The fourth-order valence-electron chi connectivity index (χ4n) is 1.49. The minimum absolute atomic E-state index is 0.149. The first-order valence-electron chi connectivity index (χ1n) is 4.42. The van der Waals surface area contributed by atoms with Crippen LogP contribution < -0.4 is 11.2 Å². The van der Waals surface area contributed by atoms with E-state index >= 15 is 0 Å². The highest BCUT2D eigenvalue weighted by molar-refractivity contribution is 5.92. The van der Waals surface area contributed by atoms with Crippen LogP contribution in [-0.4, -0.2) is 16.5 Å². The van der Waals surface area contributed by atoms with E-state index in [-0.39, 0.29) is 5.78 Å². The first kappa shape index (κ1) is 9.08. The number of nitrogens with two attached hydrogens (primary N) is 1. The maximum atomic E-state index is 11.6. The van der Waals surface area contributed by atoms with E-state index in [0.717, 1.165) is 16.4 Å². The van der Waals surface area contributed by atoms with Crippen LogP contribution in [0.4, 0.5) is 0 Å². The molecule has 3 N–H and O–H groups in total. The molecule has 0 unspecified atom stereocenters. The number of hydrazine groups is 1. The summed E-state index contributed by atoms with van der Waals surface area (Å²) >= 11 is 0. The van der Waals surface area contributed by atoms with E-state index in [2.05, 4.69) is 5.32 Å². The van der Waals surface area contributed by atoms with Gasteiger partial charge in [0, 0.05) is 12.0 Å². The van der Waals surface area contributed by atoms with Crippen molar-refractivity contribution in [2.24, 2.45) is 5.84 Å². The lowest BCUT2D eigenvalue weighted by atomic mass is 9.87. The fraction of sp³-hybridized carbons (Fsp3) is 0.444. The molecule has 1 saturated heterocycles. The molecule has 0 spiro atoms. The average Bonchev–Trinajstić information content (AvgIpc) is 2.08. The van der Waals surface area contributed by atoms with Gasteiger partial charge >= 0.3 is 0 Å². The minimum atomic E-state index is -0.525. The Morgan fingerprint density at radius 1 is 1.64 bits per heavy atom. The number of hydrogen-bond donors (Lipinski definition) is 2. The Hall–Kier alpha value is -1.49. The molecule has 2 rings (SSSR count). The number of carbonyl (C=O) groups is 1. The number of nitrogens with zero attached hydrogens (tertiary/aromatic N) is 1. The van der Waals surface area contributed by atoms with Crippen molar-refractivity contribution < 1.29 is 9.63 Å². The summed E-state index contributed by atoms with van der Waals surface area (Å²) in [5.74, 6) is 5.56. The maximum absolute atomic E-state index is 11.6. The van der Waals surface area contributed by atoms with Crippen LogP contribution in [0.25, 0.3) is 0 Å². The number of piperidine rings is 1. The Bertz CT molecular complexity index is 344. The Labute approximate surface area is 82.1 Å². The third-order valence-electron chi connectivity index (χ3n) is 2.42. The molecule has 5 nitrogen and oxygen atoms in total. The third-order valence-corrected chi connectivity index (χ3v) is 2.42. The molecule has 0 bridgehead atoms. The molecule has 5 heteroatoms. The van der Waals surface area contributed by atoms with E-state index in [9.17, 15) is 4.79 Å². The van der Waals surface area contributed by atoms with Gasteiger partial charge in [0.2, 0.25) is 0 Å². The van der Waals surface area contributed by atoms with Gasteiger partial charge in [0.25, 0.3) is 0 Å². The molecule has 76 valence electrons. The summed E-state index contributed by atoms with van der Waals surface area (Å²) in [7, 11) is 0. The molecule has 2 heterocycles. The summed E-state index contributed by atoms with van der Waals surface area (Å²) < 4.78 is 0. The topological polar surface area (TPSA) is 67.6 Å². The second-order valence-electron chi connectivity index (χ2n) is 4.00. The molecule has 0 saturated carbocycles. The van der Waals surface area contributed by atoms with Crippen molar-refractivity contribution in [2.75, 3.05) is 0 Å². The minimum Gasteiger partial charge on any atom is -0.370 e. The van der Waals surface area contributed by atoms with Crippen LogP contribution in [-0.2, 0) is 9.63 Å². The van der Waals surface area contributed by atoms with Crippen LogP contribution in [0.5, 0.6) is 0 Å². The van der Waals surface area contributed by atoms with Gasteiger partial charge in [-0.3, -0.25) is 4.79 Å². The average molecular weight is 195 g/mol. The first-order valence-corrected chi connectivity index (χ1v) is 4.42. The second kappa shape index (κ2) is 2.75. The second-order valence-corrected chi connectivity index (χ2v) is 4.00. The predicted octanol–water partition coefficient (Wildman–Crippen LogP) is 0.174. The molecule has 2 aliphatic heterocycles. The molecule has 2 aliphatic rings. The zero-order chi connectivity index (χ0) is 10.3. The van der Waals surface area contributed by atoms with E-state index in [1.807, 2.05) is 13.8 Å². The lowest BCUT2D eigenvalue weighted by Gasteiger charge is -2.35. The van der Waals surface area contributed by atoms with E-state index in [4.69, 9.17) is 10.7 Å². The number of hydroxylamine groups is 1. The summed E-state index contributed by atoms with van der Waals surface area (Å²) in [6, 6.07) is 0. The quantitative estimate of drug-likeness (QED) is 0.539. The van der Waals surface area contributed by atoms with Crippen LogP contribution in [0.15, 0.2) is 23.7 Å². The van der Waals surface area contributed by atoms with E-state index in [1.54, 1.807) is 6.20 Å². The Balaban J connectivity index is 2.29. The van der Waals surface area contributed by atoms with Crippen LogP contribution in [0.1, 0.15) is 20.3 Å². The van der Waals surface area contributed by atoms with Gasteiger partial charge in [0.15, 0.2) is 5.78 Å². The van der Waals surface area contributed by atoms with E-state index in [0.29, 0.717) is 6.42 Å². The Kier molecular flexibility index (Phi) is 1.78. The number of rotatable bonds is 0. The number of fused-ring (bicyclic) bond motifs is 1. The number of carbonyl (C=O) groups excluding carboxylic acids is 1. The molecule has 0 atom stereocenters. The van der Waals surface area contributed by atoms with Gasteiger partial charge in [-0.15, -0.1) is 5.17 Å². The van der Waals surface area contributed by atoms with Gasteiger partial charge in [-0.2, -0.15) is 0 Å². The lowest BCUT2D eigenvalue weighted by Crippen LogP contribution is -2.51. The van der Waals surface area contributed by atoms with Crippen molar-refractivity contribution in [3.8, 4) is 0 Å². The summed E-state index contributed by atoms with van der Waals surface area (Å²) in [4.78, 5) is 16.6. The fourth-order valence-corrected chi connectivity index (χ4v) is 1.49. The van der Waals surface area contributed by atoms with Gasteiger partial charge < -0.3 is 10.2 Å². The Morgan fingerprint density at radius 2 is 2.36 bits per heavy atom. The van der Waals surface area contributed by atoms with E-state index in [1.165, 1.54) is 6.26 Å². The molecule has 0 aromatic rings. The van der Waals surface area contributed by atoms with Crippen LogP contribution in [0.2, 0.25) is 0 Å². The standard InChI is InChI=1S/C9H13N3O2/c1-9(2)8(13)3-6-4-12(10)14-5-7(6)11-9/h4-5,11H,3,10H2,1-2H3. The zero-order valence-corrected chi connectivity index (χ0v) is 8.20. The van der Waals surface area contributed by atoms with Crippen molar-refractivity contribution in [1.29, 1.82) is 0 Å².